The van der Waals surface area contributed by atoms with Crippen molar-refractivity contribution >= 4 is 28.8 Å². The van der Waals surface area contributed by atoms with E-state index >= 15 is 0 Å². The molecule has 0 spiro atoms. The number of aromatic nitrogens is 1. The standard InChI is InChI=1S/C34H38N4O6/c1-3-43-32(40)34-20-23(34)13-9-4-5-10-16-35-33(41)38-21-25(18-29(38)31(39)37-34)44-30-19-27(22-11-7-6-8-12-22)36-28-17-24(42-2)14-15-26(28)30/h6-9,11-15,17,19,23,25,29H,3-5,10,16,18,20-21H2,1-2H3,(H,35,41)(H,37,39)/b13-9+. The van der Waals surface area contributed by atoms with Crippen LogP contribution >= 0.6 is 0 Å². The summed E-state index contributed by atoms with van der Waals surface area (Å²) < 4.78 is 17.4. The summed E-state index contributed by atoms with van der Waals surface area (Å²) in [5.74, 6) is 0.310. The maximum Gasteiger partial charge on any atom is 0.332 e. The highest BCUT2D eigenvalue weighted by Crippen LogP contribution is 2.46. The third kappa shape index (κ3) is 5.93. The van der Waals surface area contributed by atoms with Crippen LogP contribution in [0.4, 0.5) is 4.79 Å². The maximum atomic E-state index is 13.8. The third-order valence-corrected chi connectivity index (χ3v) is 8.61. The Hall–Kier alpha value is -4.60. The molecule has 3 amide bonds. The number of methoxy groups -OCH3 is 1. The van der Waals surface area contributed by atoms with Crippen LogP contribution in [-0.2, 0) is 14.3 Å². The summed E-state index contributed by atoms with van der Waals surface area (Å²) in [7, 11) is 1.61. The zero-order valence-electron chi connectivity index (χ0n) is 25.1. The lowest BCUT2D eigenvalue weighted by Crippen LogP contribution is -2.54. The number of carbonyl (C=O) groups is 3. The predicted molar refractivity (Wildman–Crippen MR) is 165 cm³/mol. The van der Waals surface area contributed by atoms with Gasteiger partial charge < -0.3 is 29.7 Å². The largest absolute Gasteiger partial charge is 0.497 e. The molecule has 4 unspecified atom stereocenters. The van der Waals surface area contributed by atoms with Gasteiger partial charge in [-0.2, -0.15) is 0 Å². The van der Waals surface area contributed by atoms with Gasteiger partial charge in [0.1, 0.15) is 29.2 Å². The van der Waals surface area contributed by atoms with Crippen molar-refractivity contribution in [3.05, 3.63) is 66.7 Å². The molecule has 44 heavy (non-hydrogen) atoms. The maximum absolute atomic E-state index is 13.8. The van der Waals surface area contributed by atoms with Crippen molar-refractivity contribution in [3.63, 3.8) is 0 Å². The topological polar surface area (TPSA) is 119 Å². The van der Waals surface area contributed by atoms with Crippen LogP contribution in [0.5, 0.6) is 11.5 Å². The SMILES string of the molecule is CCOC(=O)C12CC1/C=C/CCCCNC(=O)N1CC(Oc3cc(-c4ccccc4)nc4cc(OC)ccc34)CC1C(=O)N2. The van der Waals surface area contributed by atoms with Crippen molar-refractivity contribution in [2.45, 2.75) is 56.7 Å². The Balaban J connectivity index is 1.30. The van der Waals surface area contributed by atoms with Gasteiger partial charge in [0.25, 0.3) is 0 Å². The molecule has 3 aromatic rings. The molecule has 230 valence electrons. The summed E-state index contributed by atoms with van der Waals surface area (Å²) in [5.41, 5.74) is 1.26. The molecule has 6 rings (SSSR count). The molecule has 3 heterocycles. The van der Waals surface area contributed by atoms with Gasteiger partial charge in [-0.15, -0.1) is 0 Å². The first kappa shape index (κ1) is 29.5. The van der Waals surface area contributed by atoms with Crippen molar-refractivity contribution in [3.8, 4) is 22.8 Å². The second-order valence-corrected chi connectivity index (χ2v) is 11.5. The number of rotatable bonds is 6. The van der Waals surface area contributed by atoms with Crippen molar-refractivity contribution in [2.75, 3.05) is 26.8 Å². The van der Waals surface area contributed by atoms with Crippen molar-refractivity contribution in [1.82, 2.24) is 20.5 Å². The van der Waals surface area contributed by atoms with Gasteiger partial charge in [-0.3, -0.25) is 4.79 Å². The zero-order chi connectivity index (χ0) is 30.7. The molecule has 2 aromatic carbocycles. The van der Waals surface area contributed by atoms with Crippen LogP contribution < -0.4 is 20.1 Å². The normalized spacial score (nSPS) is 26.0. The Labute approximate surface area is 256 Å². The fourth-order valence-corrected chi connectivity index (χ4v) is 6.15. The summed E-state index contributed by atoms with van der Waals surface area (Å²) in [6, 6.07) is 16.2. The molecule has 1 saturated heterocycles. The van der Waals surface area contributed by atoms with Gasteiger partial charge >= 0.3 is 12.0 Å². The van der Waals surface area contributed by atoms with Crippen molar-refractivity contribution in [1.29, 1.82) is 0 Å². The molecule has 2 aliphatic heterocycles. The van der Waals surface area contributed by atoms with Gasteiger partial charge in [-0.1, -0.05) is 42.5 Å². The van der Waals surface area contributed by atoms with Gasteiger partial charge in [0, 0.05) is 42.0 Å². The first-order valence-electron chi connectivity index (χ1n) is 15.3. The molecule has 2 fully saturated rings. The van der Waals surface area contributed by atoms with Gasteiger partial charge in [0.2, 0.25) is 5.91 Å². The minimum Gasteiger partial charge on any atom is -0.497 e. The Kier molecular flexibility index (Phi) is 8.41. The molecule has 1 aromatic heterocycles. The number of pyridine rings is 1. The lowest BCUT2D eigenvalue weighted by Gasteiger charge is -2.26. The summed E-state index contributed by atoms with van der Waals surface area (Å²) in [6.45, 7) is 2.69. The fourth-order valence-electron chi connectivity index (χ4n) is 6.15. The lowest BCUT2D eigenvalue weighted by atomic mass is 10.1. The number of amides is 3. The third-order valence-electron chi connectivity index (χ3n) is 8.61. The van der Waals surface area contributed by atoms with Crippen LogP contribution in [0.25, 0.3) is 22.2 Å². The number of nitrogens with one attached hydrogen (secondary N) is 2. The van der Waals surface area contributed by atoms with E-state index < -0.39 is 23.7 Å². The van der Waals surface area contributed by atoms with E-state index in [1.807, 2.05) is 60.7 Å². The Morgan fingerprint density at radius 3 is 2.75 bits per heavy atom. The number of allylic oxidation sites excluding steroid dienone is 1. The smallest absolute Gasteiger partial charge is 0.332 e. The highest BCUT2D eigenvalue weighted by Gasteiger charge is 2.62. The van der Waals surface area contributed by atoms with E-state index in [9.17, 15) is 14.4 Å². The van der Waals surface area contributed by atoms with E-state index in [0.29, 0.717) is 30.0 Å². The molecular formula is C34H38N4O6. The Bertz CT molecular complexity index is 1580. The van der Waals surface area contributed by atoms with Gasteiger partial charge in [0.05, 0.1) is 31.5 Å². The highest BCUT2D eigenvalue weighted by atomic mass is 16.5. The van der Waals surface area contributed by atoms with E-state index in [1.54, 1.807) is 14.0 Å². The van der Waals surface area contributed by atoms with E-state index in [4.69, 9.17) is 19.2 Å². The van der Waals surface area contributed by atoms with Crippen LogP contribution in [0.3, 0.4) is 0 Å². The predicted octanol–water partition coefficient (Wildman–Crippen LogP) is 4.62. The summed E-state index contributed by atoms with van der Waals surface area (Å²) in [5, 5.41) is 6.75. The summed E-state index contributed by atoms with van der Waals surface area (Å²) >= 11 is 0. The first-order valence-corrected chi connectivity index (χ1v) is 15.3. The molecule has 1 aliphatic carbocycles. The van der Waals surface area contributed by atoms with Crippen LogP contribution in [0.1, 0.15) is 39.0 Å². The van der Waals surface area contributed by atoms with Gasteiger partial charge in [0.15, 0.2) is 0 Å². The second kappa shape index (κ2) is 12.6. The minimum absolute atomic E-state index is 0.138. The number of hydrogen-bond acceptors (Lipinski definition) is 7. The molecule has 3 aliphatic rings. The van der Waals surface area contributed by atoms with Gasteiger partial charge in [-0.05, 0) is 44.7 Å². The van der Waals surface area contributed by atoms with Gasteiger partial charge in [-0.25, -0.2) is 14.6 Å². The van der Waals surface area contributed by atoms with Crippen molar-refractivity contribution in [2.24, 2.45) is 5.92 Å². The molecule has 1 saturated carbocycles. The number of urea groups is 1. The molecule has 4 atom stereocenters. The average Bonchev–Trinajstić information content (AvgIpc) is 3.57. The first-order chi connectivity index (χ1) is 21.4. The van der Waals surface area contributed by atoms with Crippen LogP contribution in [0.2, 0.25) is 0 Å². The van der Waals surface area contributed by atoms with E-state index in [-0.39, 0.29) is 37.4 Å². The number of hydrogen-bond donors (Lipinski definition) is 2. The summed E-state index contributed by atoms with van der Waals surface area (Å²) in [4.78, 5) is 46.7. The molecule has 0 radical (unpaired) electrons. The number of benzene rings is 2. The van der Waals surface area contributed by atoms with Crippen LogP contribution in [-0.4, -0.2) is 72.3 Å². The number of nitrogens with zero attached hydrogens (tertiary/aromatic N) is 2. The Morgan fingerprint density at radius 2 is 1.95 bits per heavy atom. The molecule has 2 N–H and O–H groups in total. The van der Waals surface area contributed by atoms with E-state index in [0.717, 1.165) is 35.9 Å². The Morgan fingerprint density at radius 1 is 1.11 bits per heavy atom. The molecule has 0 bridgehead atoms. The van der Waals surface area contributed by atoms with Crippen molar-refractivity contribution < 1.29 is 28.6 Å². The monoisotopic (exact) mass is 598 g/mol. The number of fused-ring (bicyclic) bond motifs is 3. The number of carbonyl (C=O) groups excluding carboxylic acids is 3. The molecule has 10 nitrogen and oxygen atoms in total. The molecular weight excluding hydrogens is 560 g/mol. The fraction of sp³-hybridized carbons (Fsp3) is 0.412. The van der Waals surface area contributed by atoms with E-state index in [1.165, 1.54) is 4.90 Å². The van der Waals surface area contributed by atoms with Crippen LogP contribution in [0, 0.1) is 5.92 Å². The quantitative estimate of drug-likeness (QED) is 0.314. The second-order valence-electron chi connectivity index (χ2n) is 11.5. The highest BCUT2D eigenvalue weighted by molar-refractivity contribution is 5.95. The molecule has 10 heteroatoms. The summed E-state index contributed by atoms with van der Waals surface area (Å²) in [6.07, 6.45) is 6.86. The van der Waals surface area contributed by atoms with E-state index in [2.05, 4.69) is 16.7 Å². The number of esters is 1. The lowest BCUT2D eigenvalue weighted by molar-refractivity contribution is -0.149. The van der Waals surface area contributed by atoms with Crippen LogP contribution in [0.15, 0.2) is 66.7 Å². The number of ether oxygens (including phenoxy) is 3. The zero-order valence-corrected chi connectivity index (χ0v) is 25.1. The average molecular weight is 599 g/mol. The minimum atomic E-state index is -1.11.